The number of carbonyl (C=O) groups is 3. The minimum atomic E-state index is -0.710. The highest BCUT2D eigenvalue weighted by atomic mass is 19.1. The van der Waals surface area contributed by atoms with Crippen molar-refractivity contribution < 1.29 is 18.8 Å². The number of ketones is 1. The van der Waals surface area contributed by atoms with Gasteiger partial charge in [-0.25, -0.2) is 4.39 Å². The van der Waals surface area contributed by atoms with Crippen molar-refractivity contribution in [1.29, 1.82) is 0 Å². The third-order valence-corrected chi connectivity index (χ3v) is 6.12. The third-order valence-electron chi connectivity index (χ3n) is 6.12. The van der Waals surface area contributed by atoms with Gasteiger partial charge in [0.15, 0.2) is 5.78 Å². The zero-order valence-electron chi connectivity index (χ0n) is 20.1. The summed E-state index contributed by atoms with van der Waals surface area (Å²) in [5.41, 5.74) is 2.92. The topological polar surface area (TPSA) is 91.4 Å². The van der Waals surface area contributed by atoms with Crippen LogP contribution in [-0.4, -0.2) is 46.6 Å². The van der Waals surface area contributed by atoms with Crippen molar-refractivity contribution in [1.82, 2.24) is 20.5 Å². The zero-order chi connectivity index (χ0) is 25.7. The number of rotatable bonds is 8. The van der Waals surface area contributed by atoms with Crippen molar-refractivity contribution in [2.24, 2.45) is 0 Å². The molecule has 8 heteroatoms. The lowest BCUT2D eigenvalue weighted by Gasteiger charge is -2.34. The van der Waals surface area contributed by atoms with E-state index in [0.717, 1.165) is 11.3 Å². The summed E-state index contributed by atoms with van der Waals surface area (Å²) >= 11 is 0. The number of pyridine rings is 1. The molecule has 2 amide bonds. The molecule has 7 nitrogen and oxygen atoms in total. The SMILES string of the molecule is CNC(C)C(=O)N[C@H]1CC=C(c2ccccc2)N(Cc2cncc(C(=O)c3ccc(F)cc3)c2)C1=O. The van der Waals surface area contributed by atoms with Crippen molar-refractivity contribution in [3.8, 4) is 0 Å². The van der Waals surface area contributed by atoms with Crippen LogP contribution in [0.4, 0.5) is 4.39 Å². The second-order valence-corrected chi connectivity index (χ2v) is 8.60. The zero-order valence-corrected chi connectivity index (χ0v) is 20.1. The Labute approximate surface area is 209 Å². The second kappa shape index (κ2) is 11.0. The van der Waals surface area contributed by atoms with E-state index in [9.17, 15) is 18.8 Å². The van der Waals surface area contributed by atoms with Crippen LogP contribution in [0.2, 0.25) is 0 Å². The van der Waals surface area contributed by atoms with Gasteiger partial charge >= 0.3 is 0 Å². The van der Waals surface area contributed by atoms with Crippen LogP contribution in [0.25, 0.3) is 5.70 Å². The van der Waals surface area contributed by atoms with Crippen molar-refractivity contribution in [2.45, 2.75) is 32.0 Å². The first-order valence-electron chi connectivity index (χ1n) is 11.7. The molecule has 0 spiro atoms. The van der Waals surface area contributed by atoms with Crippen LogP contribution < -0.4 is 10.6 Å². The van der Waals surface area contributed by atoms with E-state index in [0.29, 0.717) is 23.1 Å². The normalized spacial score (nSPS) is 16.3. The molecule has 0 radical (unpaired) electrons. The number of halogens is 1. The van der Waals surface area contributed by atoms with Crippen molar-refractivity contribution in [2.75, 3.05) is 7.05 Å². The Kier molecular flexibility index (Phi) is 7.65. The number of amides is 2. The molecule has 1 unspecified atom stereocenters. The molecular formula is C28H27FN4O3. The molecule has 0 saturated heterocycles. The first-order valence-corrected chi connectivity index (χ1v) is 11.7. The molecule has 184 valence electrons. The summed E-state index contributed by atoms with van der Waals surface area (Å²) in [6.45, 7) is 1.88. The Morgan fingerprint density at radius 2 is 1.81 bits per heavy atom. The highest BCUT2D eigenvalue weighted by molar-refractivity contribution is 6.08. The molecule has 1 aliphatic rings. The van der Waals surface area contributed by atoms with Gasteiger partial charge in [0.1, 0.15) is 11.9 Å². The van der Waals surface area contributed by atoms with E-state index in [1.54, 1.807) is 31.1 Å². The number of nitrogens with one attached hydrogen (secondary N) is 2. The Bertz CT molecular complexity index is 1290. The highest BCUT2D eigenvalue weighted by Crippen LogP contribution is 2.28. The maximum absolute atomic E-state index is 13.6. The average molecular weight is 487 g/mol. The van der Waals surface area contributed by atoms with Gasteiger partial charge in [-0.1, -0.05) is 36.4 Å². The summed E-state index contributed by atoms with van der Waals surface area (Å²) in [5.74, 6) is -1.23. The molecule has 2 atom stereocenters. The lowest BCUT2D eigenvalue weighted by Crippen LogP contribution is -2.53. The lowest BCUT2D eigenvalue weighted by molar-refractivity contribution is -0.135. The maximum atomic E-state index is 13.6. The molecule has 0 aliphatic carbocycles. The second-order valence-electron chi connectivity index (χ2n) is 8.60. The van der Waals surface area contributed by atoms with E-state index < -0.39 is 17.9 Å². The van der Waals surface area contributed by atoms with Gasteiger partial charge in [0.25, 0.3) is 0 Å². The standard InChI is InChI=1S/C28H27FN4O3/c1-18(30-2)27(35)32-24-12-13-25(20-6-4-3-5-7-20)33(28(24)36)17-19-14-22(16-31-15-19)26(34)21-8-10-23(29)11-9-21/h3-11,13-16,18,24,30H,12,17H2,1-2H3,(H,32,35)/t18?,24-/m0/s1. The van der Waals surface area contributed by atoms with Crippen LogP contribution in [0, 0.1) is 5.82 Å². The molecule has 1 aliphatic heterocycles. The van der Waals surface area contributed by atoms with Crippen LogP contribution in [0.15, 0.2) is 79.1 Å². The first-order chi connectivity index (χ1) is 17.4. The third kappa shape index (κ3) is 5.55. The predicted octanol–water partition coefficient (Wildman–Crippen LogP) is 3.32. The number of nitrogens with zero attached hydrogens (tertiary/aromatic N) is 2. The minimum absolute atomic E-state index is 0.158. The molecular weight excluding hydrogens is 459 g/mol. The quantitative estimate of drug-likeness (QED) is 0.477. The number of aromatic nitrogens is 1. The van der Waals surface area contributed by atoms with Crippen LogP contribution in [-0.2, 0) is 16.1 Å². The maximum Gasteiger partial charge on any atom is 0.250 e. The predicted molar refractivity (Wildman–Crippen MR) is 134 cm³/mol. The Balaban J connectivity index is 1.62. The van der Waals surface area contributed by atoms with Gasteiger partial charge in [0.05, 0.1) is 12.6 Å². The monoisotopic (exact) mass is 486 g/mol. The van der Waals surface area contributed by atoms with E-state index in [1.165, 1.54) is 30.5 Å². The van der Waals surface area contributed by atoms with Gasteiger partial charge in [0.2, 0.25) is 11.8 Å². The van der Waals surface area contributed by atoms with E-state index in [1.807, 2.05) is 36.4 Å². The summed E-state index contributed by atoms with van der Waals surface area (Å²) in [6.07, 6.45) is 5.35. The van der Waals surface area contributed by atoms with Crippen molar-refractivity contribution >= 4 is 23.3 Å². The molecule has 0 bridgehead atoms. The molecule has 2 N–H and O–H groups in total. The summed E-state index contributed by atoms with van der Waals surface area (Å²) < 4.78 is 13.3. The number of carbonyl (C=O) groups excluding carboxylic acids is 3. The van der Waals surface area contributed by atoms with Gasteiger partial charge in [-0.2, -0.15) is 0 Å². The van der Waals surface area contributed by atoms with Crippen LogP contribution in [0.3, 0.4) is 0 Å². The Morgan fingerprint density at radius 1 is 1.08 bits per heavy atom. The Hall–Kier alpha value is -4.17. The summed E-state index contributed by atoms with van der Waals surface area (Å²) in [4.78, 5) is 44.7. The van der Waals surface area contributed by atoms with Gasteiger partial charge in [-0.05, 0) is 61.9 Å². The van der Waals surface area contributed by atoms with E-state index in [2.05, 4.69) is 15.6 Å². The molecule has 2 heterocycles. The van der Waals surface area contributed by atoms with E-state index >= 15 is 0 Å². The smallest absolute Gasteiger partial charge is 0.250 e. The average Bonchev–Trinajstić information content (AvgIpc) is 2.91. The number of benzene rings is 2. The van der Waals surface area contributed by atoms with Crippen LogP contribution in [0.1, 0.15) is 40.4 Å². The van der Waals surface area contributed by atoms with Gasteiger partial charge in [-0.15, -0.1) is 0 Å². The number of hydrogen-bond acceptors (Lipinski definition) is 5. The summed E-state index contributed by atoms with van der Waals surface area (Å²) in [7, 11) is 1.68. The molecule has 0 fully saturated rings. The van der Waals surface area contributed by atoms with Gasteiger partial charge < -0.3 is 15.5 Å². The van der Waals surface area contributed by atoms with E-state index in [-0.39, 0.29) is 24.1 Å². The van der Waals surface area contributed by atoms with Gasteiger partial charge in [0, 0.05) is 29.2 Å². The molecule has 0 saturated carbocycles. The fraction of sp³-hybridized carbons (Fsp3) is 0.214. The molecule has 4 rings (SSSR count). The van der Waals surface area contributed by atoms with Gasteiger partial charge in [-0.3, -0.25) is 19.4 Å². The molecule has 1 aromatic heterocycles. The fourth-order valence-electron chi connectivity index (χ4n) is 3.99. The summed E-state index contributed by atoms with van der Waals surface area (Å²) in [6, 6.07) is 15.4. The van der Waals surface area contributed by atoms with Crippen molar-refractivity contribution in [3.05, 3.63) is 107 Å². The summed E-state index contributed by atoms with van der Waals surface area (Å²) in [5, 5.41) is 5.70. The number of hydrogen-bond donors (Lipinski definition) is 2. The molecule has 36 heavy (non-hydrogen) atoms. The van der Waals surface area contributed by atoms with Crippen LogP contribution in [0.5, 0.6) is 0 Å². The van der Waals surface area contributed by atoms with Crippen LogP contribution >= 0.6 is 0 Å². The fourth-order valence-corrected chi connectivity index (χ4v) is 3.99. The lowest BCUT2D eigenvalue weighted by atomic mass is 9.99. The highest BCUT2D eigenvalue weighted by Gasteiger charge is 2.33. The largest absolute Gasteiger partial charge is 0.343 e. The van der Waals surface area contributed by atoms with Crippen molar-refractivity contribution in [3.63, 3.8) is 0 Å². The Morgan fingerprint density at radius 3 is 2.50 bits per heavy atom. The number of likely N-dealkylation sites (N-methyl/N-ethyl adjacent to an activating group) is 1. The molecule has 2 aromatic carbocycles. The van der Waals surface area contributed by atoms with E-state index in [4.69, 9.17) is 0 Å². The minimum Gasteiger partial charge on any atom is -0.343 e. The molecule has 3 aromatic rings. The first kappa shape index (κ1) is 24.9.